The quantitative estimate of drug-likeness (QED) is 0.118. The normalized spacial score (nSPS) is 17.9. The van der Waals surface area contributed by atoms with Gasteiger partial charge in [0, 0.05) is 52.1 Å². The molecule has 0 N–H and O–H groups in total. The molecule has 0 saturated heterocycles. The van der Waals surface area contributed by atoms with Gasteiger partial charge in [-0.1, -0.05) is 163 Å². The Morgan fingerprint density at radius 1 is 0.712 bits per heavy atom. The molecule has 0 bridgehead atoms. The number of anilines is 1. The Bertz CT molecular complexity index is 2740. The fraction of sp³-hybridized carbons (Fsp3) is 0.218. The van der Waals surface area contributed by atoms with Crippen LogP contribution in [0.4, 0.5) is 15.8 Å². The zero-order valence-corrected chi connectivity index (χ0v) is 36.0. The molecule has 7 aromatic carbocycles. The van der Waals surface area contributed by atoms with Crippen LogP contribution in [0, 0.1) is 11.7 Å². The maximum atomic E-state index is 15.9. The molecule has 1 unspecified atom stereocenters. The maximum absolute atomic E-state index is 15.9. The van der Waals surface area contributed by atoms with Crippen LogP contribution in [0.1, 0.15) is 55.0 Å². The molecule has 0 saturated carbocycles. The second-order valence-corrected chi connectivity index (χ2v) is 18.1. The molecule has 59 heavy (non-hydrogen) atoms. The van der Waals surface area contributed by atoms with E-state index in [-0.39, 0.29) is 11.2 Å². The van der Waals surface area contributed by atoms with Gasteiger partial charge >= 0.3 is 0 Å². The van der Waals surface area contributed by atoms with Crippen molar-refractivity contribution < 1.29 is 8.97 Å². The summed E-state index contributed by atoms with van der Waals surface area (Å²) < 4.78 is 19.2. The molecule has 2 heterocycles. The van der Waals surface area contributed by atoms with Gasteiger partial charge in [-0.3, -0.25) is 0 Å². The minimum absolute atomic E-state index is 0.183. The second kappa shape index (κ2) is 15.9. The zero-order valence-electron chi connectivity index (χ0n) is 34.4. The highest BCUT2D eigenvalue weighted by atomic mass is 79.9. The Morgan fingerprint density at radius 2 is 1.32 bits per heavy atom. The summed E-state index contributed by atoms with van der Waals surface area (Å²) in [5.41, 5.74) is 10.1. The lowest BCUT2D eigenvalue weighted by Gasteiger charge is -2.33. The van der Waals surface area contributed by atoms with E-state index in [2.05, 4.69) is 205 Å². The van der Waals surface area contributed by atoms with Crippen molar-refractivity contribution in [1.82, 2.24) is 0 Å². The maximum Gasteiger partial charge on any atom is 0.210 e. The minimum Gasteiger partial charge on any atom is -0.347 e. The third kappa shape index (κ3) is 7.06. The van der Waals surface area contributed by atoms with Gasteiger partial charge in [-0.25, -0.2) is 4.39 Å². The highest BCUT2D eigenvalue weighted by Crippen LogP contribution is 2.54. The van der Waals surface area contributed by atoms with Gasteiger partial charge in [0.15, 0.2) is 5.71 Å². The number of hydrogen-bond acceptors (Lipinski definition) is 1. The minimum atomic E-state index is -0.511. The van der Waals surface area contributed by atoms with Crippen LogP contribution in [0.15, 0.2) is 180 Å². The average molecular weight is 839 g/mol. The highest BCUT2D eigenvalue weighted by Gasteiger charge is 2.50. The molecule has 4 heteroatoms. The third-order valence-electron chi connectivity index (χ3n) is 12.9. The summed E-state index contributed by atoms with van der Waals surface area (Å²) in [5, 5.41) is 4.94. The van der Waals surface area contributed by atoms with Crippen LogP contribution < -0.4 is 4.90 Å². The number of allylic oxidation sites excluding steroid dienone is 4. The SMILES string of the molecule is CC(C)CC[N+]1=C(C=CC=C2N(C)c3c(ccc4ccccc34)C2(Cc2ccccc2)Cc2ccccc2)C(C)(Cc2ccc(Br)cc2F)c2c1ccc1ccccc21. The van der Waals surface area contributed by atoms with E-state index >= 15 is 4.39 Å². The molecule has 2 aliphatic rings. The van der Waals surface area contributed by atoms with E-state index in [0.717, 1.165) is 30.3 Å². The van der Waals surface area contributed by atoms with Crippen molar-refractivity contribution in [2.45, 2.75) is 57.3 Å². The van der Waals surface area contributed by atoms with E-state index in [0.29, 0.717) is 17.9 Å². The molecule has 0 spiro atoms. The predicted molar refractivity (Wildman–Crippen MR) is 250 cm³/mol. The van der Waals surface area contributed by atoms with Crippen LogP contribution in [0.5, 0.6) is 0 Å². The molecule has 0 amide bonds. The van der Waals surface area contributed by atoms with Crippen molar-refractivity contribution in [2.75, 3.05) is 18.5 Å². The topological polar surface area (TPSA) is 6.25 Å². The number of benzene rings is 7. The molecule has 0 radical (unpaired) electrons. The summed E-state index contributed by atoms with van der Waals surface area (Å²) >= 11 is 3.51. The summed E-state index contributed by atoms with van der Waals surface area (Å²) in [4.78, 5) is 2.46. The molecule has 0 fully saturated rings. The third-order valence-corrected chi connectivity index (χ3v) is 13.4. The van der Waals surface area contributed by atoms with Crippen LogP contribution in [0.25, 0.3) is 21.5 Å². The van der Waals surface area contributed by atoms with E-state index in [1.807, 2.05) is 12.1 Å². The van der Waals surface area contributed by atoms with E-state index in [1.165, 1.54) is 66.6 Å². The lowest BCUT2D eigenvalue weighted by Crippen LogP contribution is -2.35. The second-order valence-electron chi connectivity index (χ2n) is 17.2. The van der Waals surface area contributed by atoms with Gasteiger partial charge in [0.1, 0.15) is 12.4 Å². The smallest absolute Gasteiger partial charge is 0.210 e. The lowest BCUT2D eigenvalue weighted by atomic mass is 9.70. The first kappa shape index (κ1) is 38.9. The summed E-state index contributed by atoms with van der Waals surface area (Å²) in [7, 11) is 2.25. The van der Waals surface area contributed by atoms with Gasteiger partial charge in [0.05, 0.1) is 11.1 Å². The highest BCUT2D eigenvalue weighted by molar-refractivity contribution is 9.10. The van der Waals surface area contributed by atoms with Crippen LogP contribution >= 0.6 is 15.9 Å². The Kier molecular flexibility index (Phi) is 10.5. The molecule has 0 aliphatic carbocycles. The molecule has 2 nitrogen and oxygen atoms in total. The lowest BCUT2D eigenvalue weighted by molar-refractivity contribution is -0.439. The number of nitrogens with zero attached hydrogens (tertiary/aromatic N) is 2. The molecule has 0 aromatic heterocycles. The molecule has 1 atom stereocenters. The summed E-state index contributed by atoms with van der Waals surface area (Å²) in [5.74, 6) is 0.344. The van der Waals surface area contributed by atoms with Crippen molar-refractivity contribution >= 4 is 54.6 Å². The molecular weight excluding hydrogens is 788 g/mol. The number of hydrogen-bond donors (Lipinski definition) is 0. The number of halogens is 2. The van der Waals surface area contributed by atoms with Crippen LogP contribution in [0.2, 0.25) is 0 Å². The van der Waals surface area contributed by atoms with E-state index in [4.69, 9.17) is 0 Å². The Labute approximate surface area is 357 Å². The Hall–Kier alpha value is -5.58. The standard InChI is InChI=1S/C55H51BrFN2/c1-38(2)32-33-59-49-31-28-41-20-11-13-22-45(41)52(49)54(3,37-43-26-29-44(56)34-48(43)57)50(59)24-15-25-51-55(35-39-16-7-5-8-17-39,36-40-18-9-6-10-19-40)47-30-27-42-21-12-14-23-46(42)53(47)58(51)4/h5-31,34,38H,32-33,35-37H2,1-4H3/q+1. The van der Waals surface area contributed by atoms with Crippen molar-refractivity contribution in [3.05, 3.63) is 214 Å². The fourth-order valence-electron chi connectivity index (χ4n) is 10.2. The molecular formula is C55H51BrFN2+. The van der Waals surface area contributed by atoms with E-state index in [1.54, 1.807) is 6.07 Å². The van der Waals surface area contributed by atoms with Gasteiger partial charge in [-0.05, 0) is 94.8 Å². The van der Waals surface area contributed by atoms with Gasteiger partial charge in [-0.15, -0.1) is 0 Å². The summed E-state index contributed by atoms with van der Waals surface area (Å²) in [6.45, 7) is 7.80. The first-order valence-electron chi connectivity index (χ1n) is 21.0. The monoisotopic (exact) mass is 837 g/mol. The van der Waals surface area contributed by atoms with E-state index < -0.39 is 5.41 Å². The van der Waals surface area contributed by atoms with Gasteiger partial charge in [0.25, 0.3) is 0 Å². The molecule has 7 aromatic rings. The summed E-state index contributed by atoms with van der Waals surface area (Å²) in [6, 6.07) is 54.2. The van der Waals surface area contributed by atoms with E-state index in [9.17, 15) is 0 Å². The zero-order chi connectivity index (χ0) is 40.7. The number of rotatable bonds is 11. The number of likely N-dealkylation sites (N-methyl/N-ethyl adjacent to an activating group) is 1. The molecule has 294 valence electrons. The van der Waals surface area contributed by atoms with Crippen LogP contribution in [-0.4, -0.2) is 23.9 Å². The fourth-order valence-corrected chi connectivity index (χ4v) is 10.5. The van der Waals surface area contributed by atoms with Crippen LogP contribution in [0.3, 0.4) is 0 Å². The van der Waals surface area contributed by atoms with Gasteiger partial charge in [-0.2, -0.15) is 4.58 Å². The predicted octanol–water partition coefficient (Wildman–Crippen LogP) is 13.9. The van der Waals surface area contributed by atoms with Gasteiger partial charge in [0.2, 0.25) is 5.69 Å². The molecule has 2 aliphatic heterocycles. The number of fused-ring (bicyclic) bond motifs is 6. The average Bonchev–Trinajstić information content (AvgIpc) is 3.62. The van der Waals surface area contributed by atoms with Gasteiger partial charge < -0.3 is 4.90 Å². The van der Waals surface area contributed by atoms with Crippen molar-refractivity contribution in [3.63, 3.8) is 0 Å². The summed E-state index contributed by atoms with van der Waals surface area (Å²) in [6.07, 6.45) is 10.3. The van der Waals surface area contributed by atoms with Crippen molar-refractivity contribution in [1.29, 1.82) is 0 Å². The van der Waals surface area contributed by atoms with Crippen LogP contribution in [-0.2, 0) is 30.1 Å². The molecule has 9 rings (SSSR count). The van der Waals surface area contributed by atoms with Crippen molar-refractivity contribution in [3.8, 4) is 0 Å². The first-order valence-corrected chi connectivity index (χ1v) is 21.8. The Morgan fingerprint density at radius 3 is 1.98 bits per heavy atom. The largest absolute Gasteiger partial charge is 0.347 e. The van der Waals surface area contributed by atoms with Crippen molar-refractivity contribution in [2.24, 2.45) is 5.92 Å². The first-order chi connectivity index (χ1) is 28.7. The Balaban J connectivity index is 1.26.